The van der Waals surface area contributed by atoms with Gasteiger partial charge in [-0.15, -0.1) is 0 Å². The molecule has 1 aromatic carbocycles. The normalized spacial score (nSPS) is 29.6. The zero-order valence-corrected chi connectivity index (χ0v) is 17.2. The average molecular weight is 383 g/mol. The summed E-state index contributed by atoms with van der Waals surface area (Å²) in [5.74, 6) is -0.651. The summed E-state index contributed by atoms with van der Waals surface area (Å²) in [5, 5.41) is 0. The van der Waals surface area contributed by atoms with Crippen LogP contribution in [-0.2, 0) is 24.0 Å². The highest BCUT2D eigenvalue weighted by Crippen LogP contribution is 2.39. The molecule has 138 valence electrons. The van der Waals surface area contributed by atoms with Gasteiger partial charge < -0.3 is 14.2 Å². The van der Waals surface area contributed by atoms with Crippen LogP contribution in [0.15, 0.2) is 45.8 Å². The lowest BCUT2D eigenvalue weighted by atomic mass is 10.2. The zero-order valence-electron chi connectivity index (χ0n) is 15.4. The van der Waals surface area contributed by atoms with Crippen molar-refractivity contribution in [3.05, 3.63) is 40.9 Å². The van der Waals surface area contributed by atoms with Gasteiger partial charge in [0.1, 0.15) is 6.10 Å². The number of hydrogen-bond donors (Lipinski definition) is 0. The first kappa shape index (κ1) is 18.8. The highest BCUT2D eigenvalue weighted by atomic mass is 32.2. The number of sulfone groups is 1. The average Bonchev–Trinajstić information content (AvgIpc) is 2.97. The molecule has 2 saturated heterocycles. The summed E-state index contributed by atoms with van der Waals surface area (Å²) in [7, 11) is -5.66. The second-order valence-electron chi connectivity index (χ2n) is 8.05. The molecule has 0 saturated carbocycles. The Bertz CT molecular complexity index is 748. The maximum absolute atomic E-state index is 13.2. The van der Waals surface area contributed by atoms with Gasteiger partial charge in [-0.3, -0.25) is 0 Å². The summed E-state index contributed by atoms with van der Waals surface area (Å²) in [5.41, 5.74) is 0. The Morgan fingerprint density at radius 3 is 2.36 bits per heavy atom. The Kier molecular flexibility index (Phi) is 4.75. The molecular formula is C18H26O5SSi. The van der Waals surface area contributed by atoms with E-state index in [2.05, 4.69) is 0 Å². The quantitative estimate of drug-likeness (QED) is 0.746. The SMILES string of the molecule is CC1(C)O[C@H]2O[C@H](/C=C(\[Si](C)(C)C)S(=O)(=O)c3ccccc3)C[C@H]2O1. The number of ether oxygens (including phenoxy) is 3. The van der Waals surface area contributed by atoms with Crippen LogP contribution in [-0.4, -0.2) is 40.8 Å². The lowest BCUT2D eigenvalue weighted by molar-refractivity contribution is -0.200. The molecule has 3 atom stereocenters. The Balaban J connectivity index is 1.90. The number of benzene rings is 1. The summed E-state index contributed by atoms with van der Waals surface area (Å²) in [4.78, 5) is 0.329. The van der Waals surface area contributed by atoms with E-state index in [0.717, 1.165) is 0 Å². The summed E-state index contributed by atoms with van der Waals surface area (Å²) < 4.78 is 44.3. The van der Waals surface area contributed by atoms with Crippen LogP contribution in [0.3, 0.4) is 0 Å². The van der Waals surface area contributed by atoms with E-state index >= 15 is 0 Å². The van der Waals surface area contributed by atoms with Crippen LogP contribution < -0.4 is 0 Å². The zero-order chi connectivity index (χ0) is 18.5. The largest absolute Gasteiger partial charge is 0.342 e. The lowest BCUT2D eigenvalue weighted by Gasteiger charge is -2.24. The minimum absolute atomic E-state index is 0.154. The molecule has 0 spiro atoms. The van der Waals surface area contributed by atoms with Gasteiger partial charge in [0.2, 0.25) is 0 Å². The summed E-state index contributed by atoms with van der Waals surface area (Å²) in [6, 6.07) is 8.59. The van der Waals surface area contributed by atoms with Crippen molar-refractivity contribution in [1.82, 2.24) is 0 Å². The van der Waals surface area contributed by atoms with Crippen molar-refractivity contribution in [2.45, 2.75) is 69.1 Å². The number of rotatable bonds is 4. The molecule has 0 amide bonds. The van der Waals surface area contributed by atoms with Crippen LogP contribution in [0.5, 0.6) is 0 Å². The Hall–Kier alpha value is -0.993. The lowest BCUT2D eigenvalue weighted by Crippen LogP contribution is -2.31. The van der Waals surface area contributed by atoms with Crippen LogP contribution in [0.25, 0.3) is 0 Å². The molecular weight excluding hydrogens is 356 g/mol. The minimum atomic E-state index is -3.53. The van der Waals surface area contributed by atoms with Crippen LogP contribution >= 0.6 is 0 Å². The van der Waals surface area contributed by atoms with Crippen molar-refractivity contribution in [3.8, 4) is 0 Å². The van der Waals surface area contributed by atoms with E-state index in [-0.39, 0.29) is 12.2 Å². The maximum atomic E-state index is 13.2. The molecule has 2 heterocycles. The molecule has 7 heteroatoms. The summed E-state index contributed by atoms with van der Waals surface area (Å²) in [6.07, 6.45) is 1.49. The molecule has 0 unspecified atom stereocenters. The van der Waals surface area contributed by atoms with Crippen molar-refractivity contribution >= 4 is 17.9 Å². The van der Waals surface area contributed by atoms with Gasteiger partial charge in [-0.25, -0.2) is 8.42 Å². The monoisotopic (exact) mass is 382 g/mol. The second kappa shape index (κ2) is 6.31. The van der Waals surface area contributed by atoms with E-state index in [1.807, 2.05) is 39.6 Å². The van der Waals surface area contributed by atoms with Crippen molar-refractivity contribution in [1.29, 1.82) is 0 Å². The standard InChI is InChI=1S/C18H26O5SSi/c1-18(2)22-15-11-13(21-17(15)23-18)12-16(25(3,4)5)24(19,20)14-9-7-6-8-10-14/h6-10,12-13,15,17H,11H2,1-5H3/b16-12-/t13-,15+,17+/m0/s1. The number of hydrogen-bond acceptors (Lipinski definition) is 5. The third-order valence-electron chi connectivity index (χ3n) is 4.33. The van der Waals surface area contributed by atoms with Crippen LogP contribution in [0.4, 0.5) is 0 Å². The third kappa shape index (κ3) is 3.90. The fourth-order valence-electron chi connectivity index (χ4n) is 3.28. The van der Waals surface area contributed by atoms with Gasteiger partial charge in [-0.1, -0.05) is 37.8 Å². The fraction of sp³-hybridized carbons (Fsp3) is 0.556. The van der Waals surface area contributed by atoms with Crippen LogP contribution in [0, 0.1) is 0 Å². The van der Waals surface area contributed by atoms with Gasteiger partial charge in [-0.2, -0.15) is 0 Å². The molecule has 5 nitrogen and oxygen atoms in total. The first-order valence-electron chi connectivity index (χ1n) is 8.53. The van der Waals surface area contributed by atoms with Crippen LogP contribution in [0.2, 0.25) is 19.6 Å². The van der Waals surface area contributed by atoms with Gasteiger partial charge in [0, 0.05) is 10.9 Å². The molecule has 1 aromatic rings. The molecule has 2 aliphatic rings. The summed E-state index contributed by atoms with van der Waals surface area (Å²) >= 11 is 0. The Morgan fingerprint density at radius 2 is 1.80 bits per heavy atom. The summed E-state index contributed by atoms with van der Waals surface area (Å²) in [6.45, 7) is 9.81. The first-order chi connectivity index (χ1) is 11.5. The Labute approximate surface area is 150 Å². The molecule has 0 radical (unpaired) electrons. The Morgan fingerprint density at radius 1 is 1.16 bits per heavy atom. The molecule has 0 aromatic heterocycles. The molecule has 0 aliphatic carbocycles. The molecule has 25 heavy (non-hydrogen) atoms. The van der Waals surface area contributed by atoms with Gasteiger partial charge in [0.25, 0.3) is 0 Å². The molecule has 2 fully saturated rings. The minimum Gasteiger partial charge on any atom is -0.342 e. The highest BCUT2D eigenvalue weighted by Gasteiger charge is 2.48. The molecule has 3 rings (SSSR count). The van der Waals surface area contributed by atoms with Gasteiger partial charge >= 0.3 is 0 Å². The number of fused-ring (bicyclic) bond motifs is 1. The first-order valence-corrected chi connectivity index (χ1v) is 13.5. The predicted molar refractivity (Wildman–Crippen MR) is 98.4 cm³/mol. The smallest absolute Gasteiger partial charge is 0.198 e. The molecule has 2 aliphatic heterocycles. The maximum Gasteiger partial charge on any atom is 0.198 e. The van der Waals surface area contributed by atoms with E-state index in [1.165, 1.54) is 0 Å². The van der Waals surface area contributed by atoms with E-state index in [1.54, 1.807) is 30.3 Å². The van der Waals surface area contributed by atoms with E-state index in [9.17, 15) is 8.42 Å². The molecule has 0 bridgehead atoms. The third-order valence-corrected chi connectivity index (χ3v) is 10.2. The van der Waals surface area contributed by atoms with Crippen molar-refractivity contribution in [3.63, 3.8) is 0 Å². The van der Waals surface area contributed by atoms with Crippen LogP contribution in [0.1, 0.15) is 20.3 Å². The molecule has 0 N–H and O–H groups in total. The van der Waals surface area contributed by atoms with E-state index < -0.39 is 30.0 Å². The van der Waals surface area contributed by atoms with Crippen molar-refractivity contribution < 1.29 is 22.6 Å². The van der Waals surface area contributed by atoms with Crippen molar-refractivity contribution in [2.75, 3.05) is 0 Å². The second-order valence-corrected chi connectivity index (χ2v) is 15.4. The van der Waals surface area contributed by atoms with Gasteiger partial charge in [-0.05, 0) is 32.1 Å². The van der Waals surface area contributed by atoms with Crippen molar-refractivity contribution in [2.24, 2.45) is 0 Å². The van der Waals surface area contributed by atoms with E-state index in [4.69, 9.17) is 14.2 Å². The van der Waals surface area contributed by atoms with E-state index in [0.29, 0.717) is 15.8 Å². The van der Waals surface area contributed by atoms with Gasteiger partial charge in [0.05, 0.1) is 19.1 Å². The highest BCUT2D eigenvalue weighted by molar-refractivity contribution is 7.97. The topological polar surface area (TPSA) is 61.8 Å². The van der Waals surface area contributed by atoms with Gasteiger partial charge in [0.15, 0.2) is 21.9 Å². The fourth-order valence-corrected chi connectivity index (χ4v) is 8.64. The predicted octanol–water partition coefficient (Wildman–Crippen LogP) is 3.49.